The lowest BCUT2D eigenvalue weighted by atomic mass is 9.92. The normalized spacial score (nSPS) is 19.0. The van der Waals surface area contributed by atoms with Crippen LogP contribution in [0.5, 0.6) is 0 Å². The molecular formula is C20H22S. The van der Waals surface area contributed by atoms with Crippen LogP contribution in [0.25, 0.3) is 11.1 Å². The first kappa shape index (κ1) is 14.2. The minimum Gasteiger partial charge on any atom is -0.200 e. The van der Waals surface area contributed by atoms with Gasteiger partial charge in [-0.1, -0.05) is 60.7 Å². The summed E-state index contributed by atoms with van der Waals surface area (Å²) >= 11 is 0. The van der Waals surface area contributed by atoms with Gasteiger partial charge in [0.2, 0.25) is 0 Å². The van der Waals surface area contributed by atoms with Crippen molar-refractivity contribution in [1.29, 1.82) is 0 Å². The van der Waals surface area contributed by atoms with E-state index in [2.05, 4.69) is 87.0 Å². The zero-order chi connectivity index (χ0) is 15.0. The van der Waals surface area contributed by atoms with Gasteiger partial charge in [-0.05, 0) is 58.4 Å². The Kier molecular flexibility index (Phi) is 3.54. The number of allylic oxidation sites excluding steroid dienone is 4. The Morgan fingerprint density at radius 2 is 0.905 bits per heavy atom. The lowest BCUT2D eigenvalue weighted by Crippen LogP contribution is -1.93. The van der Waals surface area contributed by atoms with Crippen LogP contribution in [0.4, 0.5) is 0 Å². The van der Waals surface area contributed by atoms with Gasteiger partial charge in [0, 0.05) is 0 Å². The van der Waals surface area contributed by atoms with Crippen molar-refractivity contribution < 1.29 is 0 Å². The lowest BCUT2D eigenvalue weighted by molar-refractivity contribution is 1.55. The summed E-state index contributed by atoms with van der Waals surface area (Å²) in [6, 6.07) is 21.6. The Morgan fingerprint density at radius 1 is 0.571 bits per heavy atom. The molecule has 0 fully saturated rings. The molecule has 21 heavy (non-hydrogen) atoms. The zero-order valence-electron chi connectivity index (χ0n) is 13.2. The molecule has 0 spiro atoms. The maximum atomic E-state index is 2.41. The molecule has 1 aliphatic rings. The van der Waals surface area contributed by atoms with E-state index in [1.54, 1.807) is 9.81 Å². The monoisotopic (exact) mass is 294 g/mol. The van der Waals surface area contributed by atoms with E-state index in [-0.39, 0.29) is 0 Å². The summed E-state index contributed by atoms with van der Waals surface area (Å²) in [5, 5.41) is 0. The van der Waals surface area contributed by atoms with Crippen molar-refractivity contribution in [1.82, 2.24) is 0 Å². The van der Waals surface area contributed by atoms with Crippen LogP contribution < -0.4 is 0 Å². The molecule has 0 aromatic heterocycles. The molecule has 0 saturated carbocycles. The van der Waals surface area contributed by atoms with Gasteiger partial charge in [-0.3, -0.25) is 0 Å². The van der Waals surface area contributed by atoms with Gasteiger partial charge in [0.1, 0.15) is 0 Å². The van der Waals surface area contributed by atoms with Gasteiger partial charge in [0.05, 0.1) is 0 Å². The Bertz CT molecular complexity index is 655. The highest BCUT2D eigenvalue weighted by Crippen LogP contribution is 2.66. The number of benzene rings is 2. The SMILES string of the molecule is CC1=C(c2ccccc2)C(c2ccccc2)=C(C)S1(C)C. The fraction of sp³-hybridized carbons (Fsp3) is 0.200. The van der Waals surface area contributed by atoms with Crippen LogP contribution in [0.1, 0.15) is 25.0 Å². The van der Waals surface area contributed by atoms with Crippen molar-refractivity contribution in [2.45, 2.75) is 13.8 Å². The molecule has 2 aromatic carbocycles. The molecule has 0 nitrogen and oxygen atoms in total. The molecule has 0 unspecified atom stereocenters. The first-order valence-electron chi connectivity index (χ1n) is 7.30. The van der Waals surface area contributed by atoms with E-state index in [9.17, 15) is 0 Å². The maximum Gasteiger partial charge on any atom is -0.00177 e. The first-order chi connectivity index (χ1) is 10.0. The number of hydrogen-bond donors (Lipinski definition) is 0. The van der Waals surface area contributed by atoms with E-state index in [0.717, 1.165) is 0 Å². The van der Waals surface area contributed by atoms with Crippen molar-refractivity contribution in [3.05, 3.63) is 81.6 Å². The van der Waals surface area contributed by atoms with Crippen LogP contribution in [-0.4, -0.2) is 12.5 Å². The van der Waals surface area contributed by atoms with Gasteiger partial charge in [-0.2, -0.15) is 0 Å². The fourth-order valence-electron chi connectivity index (χ4n) is 3.00. The van der Waals surface area contributed by atoms with Crippen molar-refractivity contribution in [3.63, 3.8) is 0 Å². The summed E-state index contributed by atoms with van der Waals surface area (Å²) < 4.78 is 0. The number of rotatable bonds is 2. The van der Waals surface area contributed by atoms with Crippen LogP contribution in [0.2, 0.25) is 0 Å². The molecule has 0 aliphatic carbocycles. The summed E-state index contributed by atoms with van der Waals surface area (Å²) in [5.74, 6) is 0. The predicted molar refractivity (Wildman–Crippen MR) is 97.5 cm³/mol. The van der Waals surface area contributed by atoms with Gasteiger partial charge in [0.25, 0.3) is 0 Å². The van der Waals surface area contributed by atoms with E-state index >= 15 is 0 Å². The van der Waals surface area contributed by atoms with Crippen molar-refractivity contribution in [2.24, 2.45) is 0 Å². The van der Waals surface area contributed by atoms with Crippen LogP contribution in [0, 0.1) is 0 Å². The predicted octanol–water partition coefficient (Wildman–Crippen LogP) is 5.93. The third-order valence-corrected chi connectivity index (χ3v) is 8.08. The van der Waals surface area contributed by atoms with E-state index in [1.165, 1.54) is 22.3 Å². The van der Waals surface area contributed by atoms with E-state index in [1.807, 2.05) is 0 Å². The Balaban J connectivity index is 2.27. The summed E-state index contributed by atoms with van der Waals surface area (Å²) in [6.07, 6.45) is 4.83. The molecule has 0 radical (unpaired) electrons. The zero-order valence-corrected chi connectivity index (χ0v) is 14.0. The smallest absolute Gasteiger partial charge is 0.00177 e. The maximum absolute atomic E-state index is 2.41. The van der Waals surface area contributed by atoms with Gasteiger partial charge in [-0.15, -0.1) is 0 Å². The lowest BCUT2D eigenvalue weighted by Gasteiger charge is -2.30. The van der Waals surface area contributed by atoms with Crippen LogP contribution in [0.15, 0.2) is 70.5 Å². The molecule has 108 valence electrons. The molecule has 0 saturated heterocycles. The minimum atomic E-state index is -0.839. The van der Waals surface area contributed by atoms with Crippen LogP contribution >= 0.6 is 10.0 Å². The molecule has 0 atom stereocenters. The topological polar surface area (TPSA) is 0 Å². The molecule has 1 aliphatic heterocycles. The Morgan fingerprint density at radius 3 is 1.24 bits per heavy atom. The van der Waals surface area contributed by atoms with Gasteiger partial charge >= 0.3 is 0 Å². The third kappa shape index (κ3) is 2.26. The third-order valence-electron chi connectivity index (χ3n) is 4.61. The van der Waals surface area contributed by atoms with Crippen molar-refractivity contribution in [3.8, 4) is 0 Å². The van der Waals surface area contributed by atoms with Gasteiger partial charge in [-0.25, -0.2) is 10.0 Å². The van der Waals surface area contributed by atoms with Gasteiger partial charge in [0.15, 0.2) is 0 Å². The Labute approximate surface area is 129 Å². The highest BCUT2D eigenvalue weighted by molar-refractivity contribution is 8.39. The molecule has 1 heterocycles. The molecule has 0 amide bonds. The fourth-order valence-corrected chi connectivity index (χ4v) is 4.92. The van der Waals surface area contributed by atoms with Crippen LogP contribution in [0.3, 0.4) is 0 Å². The number of hydrogen-bond acceptors (Lipinski definition) is 0. The Hall–Kier alpha value is -1.73. The average Bonchev–Trinajstić information content (AvgIpc) is 2.69. The minimum absolute atomic E-state index is 0.839. The molecule has 1 heteroatoms. The molecule has 0 bridgehead atoms. The van der Waals surface area contributed by atoms with E-state index in [0.29, 0.717) is 0 Å². The van der Waals surface area contributed by atoms with Crippen LogP contribution in [-0.2, 0) is 0 Å². The molecule has 3 rings (SSSR count). The summed E-state index contributed by atoms with van der Waals surface area (Å²) in [7, 11) is -0.839. The first-order valence-corrected chi connectivity index (χ1v) is 9.75. The molecule has 0 N–H and O–H groups in total. The second-order valence-electron chi connectivity index (χ2n) is 5.92. The van der Waals surface area contributed by atoms with E-state index < -0.39 is 10.0 Å². The quantitative estimate of drug-likeness (QED) is 0.644. The largest absolute Gasteiger partial charge is 0.200 e. The van der Waals surface area contributed by atoms with Crippen molar-refractivity contribution in [2.75, 3.05) is 12.5 Å². The summed E-state index contributed by atoms with van der Waals surface area (Å²) in [4.78, 5) is 3.09. The summed E-state index contributed by atoms with van der Waals surface area (Å²) in [6.45, 7) is 4.63. The second kappa shape index (κ2) is 5.23. The summed E-state index contributed by atoms with van der Waals surface area (Å²) in [5.41, 5.74) is 5.57. The second-order valence-corrected chi connectivity index (χ2v) is 9.80. The highest BCUT2D eigenvalue weighted by atomic mass is 32.3. The highest BCUT2D eigenvalue weighted by Gasteiger charge is 2.32. The average molecular weight is 294 g/mol. The van der Waals surface area contributed by atoms with Crippen molar-refractivity contribution >= 4 is 21.2 Å². The van der Waals surface area contributed by atoms with E-state index in [4.69, 9.17) is 0 Å². The molecule has 2 aromatic rings. The molecular weight excluding hydrogens is 272 g/mol. The van der Waals surface area contributed by atoms with Gasteiger partial charge < -0.3 is 0 Å². The standard InChI is InChI=1S/C20H22S/c1-15-19(17-11-7-5-8-12-17)20(16(2)21(15,3)4)18-13-9-6-10-14-18/h5-14H,1-4H3.